The number of ether oxygens (including phenoxy) is 1. The average molecular weight is 278 g/mol. The van der Waals surface area contributed by atoms with Crippen LogP contribution >= 0.6 is 0 Å². The predicted octanol–water partition coefficient (Wildman–Crippen LogP) is 3.24. The number of unbranched alkanes of at least 4 members (excludes halogenated alkanes) is 3. The summed E-state index contributed by atoms with van der Waals surface area (Å²) in [6.45, 7) is -0.284. The highest BCUT2D eigenvalue weighted by molar-refractivity contribution is 5.67. The third-order valence-electron chi connectivity index (χ3n) is 2.17. The van der Waals surface area contributed by atoms with E-state index in [1.807, 2.05) is 0 Å². The van der Waals surface area contributed by atoms with Crippen molar-refractivity contribution in [3.63, 3.8) is 0 Å². The van der Waals surface area contributed by atoms with E-state index in [2.05, 4.69) is 4.74 Å². The lowest BCUT2D eigenvalue weighted by Gasteiger charge is -2.19. The molecule has 108 valence electrons. The van der Waals surface area contributed by atoms with Gasteiger partial charge in [0.1, 0.15) is 6.61 Å². The molecule has 0 atom stereocenters. The molecule has 0 heterocycles. The maximum atomic E-state index is 12.4. The fraction of sp³-hybridized carbons (Fsp3) is 0.900. The Balaban J connectivity index is 3.49. The summed E-state index contributed by atoms with van der Waals surface area (Å²) in [5.41, 5.74) is 0. The zero-order valence-corrected chi connectivity index (χ0v) is 9.60. The van der Waals surface area contributed by atoms with Crippen molar-refractivity contribution < 1.29 is 36.6 Å². The molecule has 0 amide bonds. The van der Waals surface area contributed by atoms with Crippen LogP contribution in [-0.4, -0.2) is 36.4 Å². The van der Waals surface area contributed by atoms with E-state index in [0.717, 1.165) is 0 Å². The molecule has 0 aliphatic rings. The van der Waals surface area contributed by atoms with Crippen molar-refractivity contribution >= 4 is 5.97 Å². The lowest BCUT2D eigenvalue weighted by Crippen LogP contribution is -2.36. The molecule has 0 bridgehead atoms. The van der Waals surface area contributed by atoms with Gasteiger partial charge in [0, 0.05) is 13.0 Å². The number of hydrogen-bond donors (Lipinski definition) is 1. The van der Waals surface area contributed by atoms with Crippen molar-refractivity contribution in [1.82, 2.24) is 0 Å². The maximum absolute atomic E-state index is 12.4. The first kappa shape index (κ1) is 17.1. The molecule has 0 aliphatic heterocycles. The van der Waals surface area contributed by atoms with Crippen LogP contribution in [0.5, 0.6) is 0 Å². The van der Waals surface area contributed by atoms with Crippen molar-refractivity contribution in [1.29, 1.82) is 0 Å². The normalized spacial score (nSPS) is 12.7. The van der Waals surface area contributed by atoms with Crippen LogP contribution in [0.15, 0.2) is 0 Å². The van der Waals surface area contributed by atoms with E-state index in [0.29, 0.717) is 12.8 Å². The van der Waals surface area contributed by atoms with Gasteiger partial charge in [0.25, 0.3) is 0 Å². The molecule has 8 heteroatoms. The van der Waals surface area contributed by atoms with Crippen molar-refractivity contribution in [2.45, 2.75) is 44.2 Å². The fourth-order valence-electron chi connectivity index (χ4n) is 1.21. The highest BCUT2D eigenvalue weighted by atomic mass is 19.4. The third kappa shape index (κ3) is 7.41. The van der Waals surface area contributed by atoms with Crippen LogP contribution in [0, 0.1) is 0 Å². The number of halogens is 5. The molecule has 0 saturated heterocycles. The van der Waals surface area contributed by atoms with Crippen LogP contribution in [0.25, 0.3) is 0 Å². The molecule has 18 heavy (non-hydrogen) atoms. The molecule has 0 aliphatic carbocycles. The van der Waals surface area contributed by atoms with Gasteiger partial charge in [0.2, 0.25) is 0 Å². The number of aliphatic carboxylic acids is 1. The summed E-state index contributed by atoms with van der Waals surface area (Å²) in [4.78, 5) is 10.0. The molecule has 0 saturated carbocycles. The molecule has 0 aromatic heterocycles. The Morgan fingerprint density at radius 2 is 1.56 bits per heavy atom. The van der Waals surface area contributed by atoms with Gasteiger partial charge in [-0.05, 0) is 12.8 Å². The Labute approximate surface area is 101 Å². The Kier molecular flexibility index (Phi) is 7.12. The summed E-state index contributed by atoms with van der Waals surface area (Å²) in [6.07, 6.45) is -5.85. The molecular weight excluding hydrogens is 263 g/mol. The second-order valence-corrected chi connectivity index (χ2v) is 3.81. The second kappa shape index (κ2) is 7.50. The fourth-order valence-corrected chi connectivity index (χ4v) is 1.21. The van der Waals surface area contributed by atoms with Crippen LogP contribution in [0.4, 0.5) is 22.0 Å². The zero-order chi connectivity index (χ0) is 14.2. The molecule has 0 radical (unpaired) electrons. The van der Waals surface area contributed by atoms with Gasteiger partial charge in [0.05, 0.1) is 0 Å². The minimum atomic E-state index is -5.49. The van der Waals surface area contributed by atoms with Crippen LogP contribution < -0.4 is 0 Å². The van der Waals surface area contributed by atoms with Crippen LogP contribution in [-0.2, 0) is 9.53 Å². The summed E-state index contributed by atoms with van der Waals surface area (Å²) in [7, 11) is 0. The van der Waals surface area contributed by atoms with Crippen LogP contribution in [0.3, 0.4) is 0 Å². The first-order valence-corrected chi connectivity index (χ1v) is 5.41. The molecule has 1 N–H and O–H groups in total. The predicted molar refractivity (Wildman–Crippen MR) is 52.5 cm³/mol. The third-order valence-corrected chi connectivity index (χ3v) is 2.17. The molecule has 0 rings (SSSR count). The van der Waals surface area contributed by atoms with Gasteiger partial charge in [-0.25, -0.2) is 4.79 Å². The average Bonchev–Trinajstić information content (AvgIpc) is 2.19. The van der Waals surface area contributed by atoms with Crippen LogP contribution in [0.2, 0.25) is 0 Å². The summed E-state index contributed by atoms with van der Waals surface area (Å²) < 4.78 is 64.8. The first-order chi connectivity index (χ1) is 8.17. The van der Waals surface area contributed by atoms with E-state index in [1.54, 1.807) is 0 Å². The number of alkyl halides is 5. The molecule has 0 aromatic carbocycles. The van der Waals surface area contributed by atoms with E-state index in [1.165, 1.54) is 0 Å². The van der Waals surface area contributed by atoms with Gasteiger partial charge in [-0.3, -0.25) is 0 Å². The quantitative estimate of drug-likeness (QED) is 0.520. The van der Waals surface area contributed by atoms with Crippen molar-refractivity contribution in [3.05, 3.63) is 0 Å². The van der Waals surface area contributed by atoms with Gasteiger partial charge >= 0.3 is 18.1 Å². The summed E-state index contributed by atoms with van der Waals surface area (Å²) in [5, 5.41) is 8.21. The van der Waals surface area contributed by atoms with Gasteiger partial charge < -0.3 is 9.84 Å². The smallest absolute Gasteiger partial charge is 0.453 e. The second-order valence-electron chi connectivity index (χ2n) is 3.81. The largest absolute Gasteiger partial charge is 0.480 e. The lowest BCUT2D eigenvalue weighted by atomic mass is 10.1. The minimum Gasteiger partial charge on any atom is -0.480 e. The maximum Gasteiger partial charge on any atom is 0.453 e. The van der Waals surface area contributed by atoms with Crippen molar-refractivity contribution in [2.24, 2.45) is 0 Å². The SMILES string of the molecule is O=C(O)COCCCCCCC(F)(F)C(F)(F)F. The Bertz CT molecular complexity index is 252. The Hall–Kier alpha value is -0.920. The molecular formula is C10H15F5O3. The van der Waals surface area contributed by atoms with E-state index < -0.39 is 31.1 Å². The van der Waals surface area contributed by atoms with Gasteiger partial charge in [-0.2, -0.15) is 22.0 Å². The molecule has 0 fully saturated rings. The van der Waals surface area contributed by atoms with Gasteiger partial charge in [0.15, 0.2) is 0 Å². The topological polar surface area (TPSA) is 46.5 Å². The van der Waals surface area contributed by atoms with Crippen molar-refractivity contribution in [2.75, 3.05) is 13.2 Å². The number of hydrogen-bond acceptors (Lipinski definition) is 2. The standard InChI is InChI=1S/C10H15F5O3/c11-9(12,10(13,14)15)5-3-1-2-4-6-18-7-8(16)17/h1-7H2,(H,16,17). The highest BCUT2D eigenvalue weighted by Crippen LogP contribution is 2.39. The summed E-state index contributed by atoms with van der Waals surface area (Å²) in [6, 6.07) is 0. The summed E-state index contributed by atoms with van der Waals surface area (Å²) in [5.74, 6) is -5.74. The monoisotopic (exact) mass is 278 g/mol. The summed E-state index contributed by atoms with van der Waals surface area (Å²) >= 11 is 0. The number of carbonyl (C=O) groups is 1. The Morgan fingerprint density at radius 1 is 1.00 bits per heavy atom. The molecule has 0 aromatic rings. The number of rotatable bonds is 9. The zero-order valence-electron chi connectivity index (χ0n) is 9.60. The van der Waals surface area contributed by atoms with Crippen molar-refractivity contribution in [3.8, 4) is 0 Å². The number of carboxylic acids is 1. The van der Waals surface area contributed by atoms with Gasteiger partial charge in [-0.15, -0.1) is 0 Å². The molecule has 0 unspecified atom stereocenters. The van der Waals surface area contributed by atoms with E-state index in [9.17, 15) is 26.7 Å². The molecule has 3 nitrogen and oxygen atoms in total. The van der Waals surface area contributed by atoms with Crippen LogP contribution in [0.1, 0.15) is 32.1 Å². The minimum absolute atomic E-state index is 0.155. The molecule has 0 spiro atoms. The van der Waals surface area contributed by atoms with E-state index in [-0.39, 0.29) is 19.4 Å². The van der Waals surface area contributed by atoms with Gasteiger partial charge in [-0.1, -0.05) is 12.8 Å². The van der Waals surface area contributed by atoms with E-state index >= 15 is 0 Å². The lowest BCUT2D eigenvalue weighted by molar-refractivity contribution is -0.284. The Morgan fingerprint density at radius 3 is 2.06 bits per heavy atom. The van der Waals surface area contributed by atoms with E-state index in [4.69, 9.17) is 5.11 Å². The first-order valence-electron chi connectivity index (χ1n) is 5.41. The highest BCUT2D eigenvalue weighted by Gasteiger charge is 2.56. The number of carboxylic acid groups (broad SMARTS) is 1.